The molecule has 0 radical (unpaired) electrons. The van der Waals surface area contributed by atoms with Crippen LogP contribution in [0.2, 0.25) is 0 Å². The molecule has 3 aromatic carbocycles. The van der Waals surface area contributed by atoms with Crippen molar-refractivity contribution in [2.45, 2.75) is 6.54 Å². The summed E-state index contributed by atoms with van der Waals surface area (Å²) in [4.78, 5) is 12.1. The van der Waals surface area contributed by atoms with Crippen molar-refractivity contribution in [1.29, 1.82) is 0 Å². The van der Waals surface area contributed by atoms with E-state index in [4.69, 9.17) is 0 Å². The number of nitrogens with one attached hydrogen (secondary N) is 3. The topological polar surface area (TPSA) is 82.3 Å². The fourth-order valence-electron chi connectivity index (χ4n) is 4.53. The second-order valence-electron chi connectivity index (χ2n) is 9.32. The van der Waals surface area contributed by atoms with E-state index >= 15 is 0 Å². The van der Waals surface area contributed by atoms with Gasteiger partial charge < -0.3 is 4.98 Å². The maximum atomic E-state index is 14.6. The minimum atomic E-state index is -1.40. The zero-order valence-electron chi connectivity index (χ0n) is 20.3. The molecule has 0 aliphatic rings. The summed E-state index contributed by atoms with van der Waals surface area (Å²) in [5, 5.41) is 9.70. The fraction of sp³-hybridized carbons (Fsp3) is 0.0690. The third kappa shape index (κ3) is 4.64. The highest BCUT2D eigenvalue weighted by atomic mass is 32.2. The van der Waals surface area contributed by atoms with Crippen molar-refractivity contribution in [3.8, 4) is 33.8 Å². The number of nitrogens with zero attached hydrogens (tertiary/aromatic N) is 3. The maximum absolute atomic E-state index is 14.6. The molecule has 6 nitrogen and oxygen atoms in total. The number of H-pyrrole nitrogens is 2. The number of rotatable bonds is 6. The Morgan fingerprint density at radius 3 is 2.65 bits per heavy atom. The third-order valence-electron chi connectivity index (χ3n) is 6.23. The van der Waals surface area contributed by atoms with Gasteiger partial charge in [-0.15, -0.1) is 0 Å². The van der Waals surface area contributed by atoms with Crippen LogP contribution in [0.25, 0.3) is 55.6 Å². The monoisotopic (exact) mass is 508 g/mol. The van der Waals surface area contributed by atoms with Crippen LogP contribution in [0.4, 0.5) is 4.39 Å². The van der Waals surface area contributed by atoms with Crippen molar-refractivity contribution in [2.24, 2.45) is 0 Å². The molecule has 0 atom stereocenters. The molecule has 184 valence electrons. The van der Waals surface area contributed by atoms with Crippen LogP contribution in [0.1, 0.15) is 5.56 Å². The zero-order valence-corrected chi connectivity index (χ0v) is 21.1. The summed E-state index contributed by atoms with van der Waals surface area (Å²) in [6.45, 7) is 0.505. The summed E-state index contributed by atoms with van der Waals surface area (Å²) in [5.41, 5.74) is 7.92. The first-order valence-electron chi connectivity index (χ1n) is 11.7. The predicted octanol–water partition coefficient (Wildman–Crippen LogP) is 6.28. The van der Waals surface area contributed by atoms with Crippen molar-refractivity contribution in [2.75, 3.05) is 6.26 Å². The lowest BCUT2D eigenvalue weighted by Crippen LogP contribution is -2.08. The fourth-order valence-corrected chi connectivity index (χ4v) is 5.04. The van der Waals surface area contributed by atoms with Crippen LogP contribution in [-0.2, 0) is 6.54 Å². The number of hydrogen-bond donors (Lipinski definition) is 3. The molecule has 0 fully saturated rings. The van der Waals surface area contributed by atoms with Crippen molar-refractivity contribution in [3.63, 3.8) is 0 Å². The Morgan fingerprint density at radius 1 is 0.946 bits per heavy atom. The summed E-state index contributed by atoms with van der Waals surface area (Å²) >= 11 is 0. The van der Waals surface area contributed by atoms with Gasteiger partial charge >= 0.3 is 0 Å². The van der Waals surface area contributed by atoms with Crippen molar-refractivity contribution in [3.05, 3.63) is 90.6 Å². The Bertz CT molecular complexity index is 1870. The molecular weight excluding hydrogens is 483 g/mol. The van der Waals surface area contributed by atoms with Crippen LogP contribution in [-0.4, -0.2) is 43.1 Å². The molecule has 0 unspecified atom stereocenters. The lowest BCUT2D eigenvalue weighted by atomic mass is 9.99. The predicted molar refractivity (Wildman–Crippen MR) is 154 cm³/mol. The summed E-state index contributed by atoms with van der Waals surface area (Å²) in [7, 11) is -1.40. The molecule has 0 amide bonds. The molecule has 8 heteroatoms. The number of fused-ring (bicyclic) bond motifs is 2. The Balaban J connectivity index is 1.44. The van der Waals surface area contributed by atoms with E-state index in [0.29, 0.717) is 6.54 Å². The summed E-state index contributed by atoms with van der Waals surface area (Å²) < 4.78 is 17.9. The molecule has 3 heterocycles. The Hall–Kier alpha value is -4.27. The Labute approximate surface area is 214 Å². The number of aromatic amines is 2. The number of aromatic nitrogens is 5. The van der Waals surface area contributed by atoms with Gasteiger partial charge in [0.2, 0.25) is 0 Å². The van der Waals surface area contributed by atoms with E-state index in [1.165, 1.54) is 0 Å². The molecule has 0 saturated heterocycles. The molecule has 6 aromatic rings. The second-order valence-corrected chi connectivity index (χ2v) is 12.2. The average Bonchev–Trinajstić information content (AvgIpc) is 3.51. The van der Waals surface area contributed by atoms with E-state index in [-0.39, 0.29) is 5.82 Å². The molecule has 37 heavy (non-hydrogen) atoms. The summed E-state index contributed by atoms with van der Waals surface area (Å²) in [5.74, 6) is 7.82. The molecule has 6 rings (SSSR count). The first kappa shape index (κ1) is 23.1. The molecule has 0 bridgehead atoms. The largest absolute Gasteiger partial charge is 0.353 e. The van der Waals surface area contributed by atoms with Gasteiger partial charge in [-0.25, -0.2) is 4.39 Å². The van der Waals surface area contributed by atoms with Crippen LogP contribution in [0.5, 0.6) is 0 Å². The van der Waals surface area contributed by atoms with Gasteiger partial charge in [-0.3, -0.25) is 19.8 Å². The highest BCUT2D eigenvalue weighted by Gasteiger charge is 2.15. The van der Waals surface area contributed by atoms with E-state index in [1.54, 1.807) is 30.7 Å². The van der Waals surface area contributed by atoms with Gasteiger partial charge in [0.25, 0.3) is 0 Å². The molecule has 0 aliphatic carbocycles. The van der Waals surface area contributed by atoms with Gasteiger partial charge in [-0.1, -0.05) is 29.9 Å². The average molecular weight is 509 g/mol. The minimum absolute atomic E-state index is 0.276. The van der Waals surface area contributed by atoms with Gasteiger partial charge in [0.1, 0.15) is 11.5 Å². The van der Waals surface area contributed by atoms with Crippen LogP contribution < -0.4 is 4.72 Å². The highest BCUT2D eigenvalue weighted by molar-refractivity contribution is 8.25. The zero-order chi connectivity index (χ0) is 25.6. The number of benzene rings is 3. The van der Waals surface area contributed by atoms with E-state index in [1.807, 2.05) is 42.7 Å². The molecule has 3 aromatic heterocycles. The van der Waals surface area contributed by atoms with Gasteiger partial charge in [-0.2, -0.15) is 14.5 Å². The smallest absolute Gasteiger partial charge is 0.124 e. The van der Waals surface area contributed by atoms with Gasteiger partial charge in [0.15, 0.2) is 0 Å². The quantitative estimate of drug-likeness (QED) is 0.231. The van der Waals surface area contributed by atoms with Gasteiger partial charge in [0, 0.05) is 40.8 Å². The Kier molecular flexibility index (Phi) is 5.62. The first-order valence-corrected chi connectivity index (χ1v) is 14.1. The third-order valence-corrected chi connectivity index (χ3v) is 7.08. The summed E-state index contributed by atoms with van der Waals surface area (Å²) in [6.07, 6.45) is 7.05. The normalized spacial score (nSPS) is 11.9. The van der Waals surface area contributed by atoms with Crippen LogP contribution in [0, 0.1) is 5.82 Å². The molecule has 0 spiro atoms. The molecule has 0 aliphatic heterocycles. The Morgan fingerprint density at radius 2 is 1.84 bits per heavy atom. The maximum Gasteiger partial charge on any atom is 0.124 e. The van der Waals surface area contributed by atoms with E-state index < -0.39 is 9.39 Å². The first-order chi connectivity index (χ1) is 17.8. The van der Waals surface area contributed by atoms with Gasteiger partial charge in [0.05, 0.1) is 23.1 Å². The lowest BCUT2D eigenvalue weighted by Gasteiger charge is -2.12. The van der Waals surface area contributed by atoms with E-state index in [9.17, 15) is 4.39 Å². The van der Waals surface area contributed by atoms with Crippen molar-refractivity contribution < 1.29 is 4.39 Å². The van der Waals surface area contributed by atoms with Crippen molar-refractivity contribution >= 4 is 42.9 Å². The van der Waals surface area contributed by atoms with Crippen LogP contribution in [0.15, 0.2) is 79.3 Å². The molecular formula is C29H25FN6S. The minimum Gasteiger partial charge on any atom is -0.353 e. The number of hydrogen-bond acceptors (Lipinski definition) is 4. The standard InChI is InChI=1S/C29H25FN6S/c1-37(2,3)33-16-18-11-20(13-21(30)12-18)22-5-4-6-25-23(22)15-27(34-25)29-24-14-19(7-8-26(24)35-36-29)28-17-31-9-10-32-28/h4-15,17,33-34H,1-2,16H2,3H3,(H,35,36). The van der Waals surface area contributed by atoms with Crippen LogP contribution in [0.3, 0.4) is 0 Å². The summed E-state index contributed by atoms with van der Waals surface area (Å²) in [6, 6.07) is 19.3. The molecule has 3 N–H and O–H groups in total. The second kappa shape index (κ2) is 8.99. The SMILES string of the molecule is C=S(=C)(C)NCc1cc(F)cc(-c2cccc3[nH]c(-c4n[nH]c5ccc(-c6cnccn6)cc45)cc23)c1. The van der Waals surface area contributed by atoms with E-state index in [2.05, 4.69) is 53.7 Å². The lowest BCUT2D eigenvalue weighted by molar-refractivity contribution is 0.625. The van der Waals surface area contributed by atoms with E-state index in [0.717, 1.165) is 61.1 Å². The van der Waals surface area contributed by atoms with Gasteiger partial charge in [-0.05, 0) is 65.4 Å². The van der Waals surface area contributed by atoms with Crippen LogP contribution >= 0.6 is 9.39 Å². The number of halogens is 1. The highest BCUT2D eigenvalue weighted by Crippen LogP contribution is 2.35. The van der Waals surface area contributed by atoms with Crippen molar-refractivity contribution in [1.82, 2.24) is 29.9 Å². The molecule has 0 saturated carbocycles.